The van der Waals surface area contributed by atoms with Crippen molar-refractivity contribution in [3.05, 3.63) is 146 Å². The van der Waals surface area contributed by atoms with E-state index in [9.17, 15) is 4.57 Å². The quantitative estimate of drug-likeness (QED) is 0.233. The van der Waals surface area contributed by atoms with Crippen LogP contribution < -0.4 is 15.9 Å². The fourth-order valence-electron chi connectivity index (χ4n) is 5.19. The van der Waals surface area contributed by atoms with E-state index < -0.39 is 7.14 Å². The molecule has 0 spiro atoms. The number of para-hydroxylation sites is 2. The third-order valence-electron chi connectivity index (χ3n) is 7.11. The average Bonchev–Trinajstić information content (AvgIpc) is 3.40. The summed E-state index contributed by atoms with van der Waals surface area (Å²) in [6, 6.07) is 48.0. The minimum Gasteiger partial charge on any atom is -0.309 e. The molecule has 0 fully saturated rings. The Hall–Kier alpha value is -4.79. The van der Waals surface area contributed by atoms with Gasteiger partial charge in [-0.05, 0) is 23.8 Å². The number of imidazole rings is 1. The number of aromatic nitrogens is 3. The Balaban J connectivity index is 1.39. The molecule has 0 aliphatic heterocycles. The zero-order valence-electron chi connectivity index (χ0n) is 21.1. The molecule has 5 aromatic carbocycles. The Morgan fingerprint density at radius 3 is 1.69 bits per heavy atom. The second-order valence-electron chi connectivity index (χ2n) is 9.46. The van der Waals surface area contributed by atoms with Gasteiger partial charge in [0, 0.05) is 21.5 Å². The second-order valence-corrected chi connectivity index (χ2v) is 12.2. The van der Waals surface area contributed by atoms with Crippen LogP contribution in [0.1, 0.15) is 0 Å². The number of fused-ring (bicyclic) bond motifs is 3. The van der Waals surface area contributed by atoms with Gasteiger partial charge in [-0.15, -0.1) is 0 Å². The fraction of sp³-hybridized carbons (Fsp3) is 0. The summed E-state index contributed by atoms with van der Waals surface area (Å²) >= 11 is 0. The zero-order valence-corrected chi connectivity index (χ0v) is 21.9. The standard InChI is InChI=1S/C34H24N3OP/c38-39(27-14-6-2-7-15-27,28-16-8-3-9-17-28)29-22-20-25(21-23-29)31-24-33(26-12-4-1-5-13-26)37-32-19-11-10-18-30(32)35-34(37)36-31/h1-24H. The summed E-state index contributed by atoms with van der Waals surface area (Å²) in [5.41, 5.74) is 5.79. The lowest BCUT2D eigenvalue weighted by atomic mass is 10.1. The first kappa shape index (κ1) is 23.3. The molecule has 2 aromatic heterocycles. The van der Waals surface area contributed by atoms with Gasteiger partial charge >= 0.3 is 0 Å². The van der Waals surface area contributed by atoms with Crippen LogP contribution in [0.3, 0.4) is 0 Å². The molecule has 0 aliphatic carbocycles. The maximum Gasteiger partial charge on any atom is 0.235 e. The maximum absolute atomic E-state index is 14.8. The third-order valence-corrected chi connectivity index (χ3v) is 10.2. The maximum atomic E-state index is 14.8. The van der Waals surface area contributed by atoms with E-state index in [1.807, 2.05) is 121 Å². The first-order chi connectivity index (χ1) is 19.2. The van der Waals surface area contributed by atoms with E-state index in [1.54, 1.807) is 0 Å². The van der Waals surface area contributed by atoms with Crippen molar-refractivity contribution in [1.82, 2.24) is 14.4 Å². The summed E-state index contributed by atoms with van der Waals surface area (Å²) < 4.78 is 16.9. The molecular weight excluding hydrogens is 497 g/mol. The number of rotatable bonds is 5. The largest absolute Gasteiger partial charge is 0.309 e. The highest BCUT2D eigenvalue weighted by Crippen LogP contribution is 2.42. The van der Waals surface area contributed by atoms with Gasteiger partial charge < -0.3 is 4.57 Å². The summed E-state index contributed by atoms with van der Waals surface area (Å²) in [6.07, 6.45) is 0. The van der Waals surface area contributed by atoms with Crippen LogP contribution in [0.25, 0.3) is 39.3 Å². The van der Waals surface area contributed by atoms with Gasteiger partial charge in [-0.3, -0.25) is 4.40 Å². The van der Waals surface area contributed by atoms with Gasteiger partial charge in [0.15, 0.2) is 7.14 Å². The molecule has 0 radical (unpaired) electrons. The molecule has 0 saturated heterocycles. The summed E-state index contributed by atoms with van der Waals surface area (Å²) in [6.45, 7) is 0. The first-order valence-corrected chi connectivity index (χ1v) is 14.6. The van der Waals surface area contributed by atoms with Crippen molar-refractivity contribution in [2.24, 2.45) is 0 Å². The van der Waals surface area contributed by atoms with E-state index in [0.717, 1.165) is 49.5 Å². The van der Waals surface area contributed by atoms with Gasteiger partial charge in [0.05, 0.1) is 22.4 Å². The molecule has 0 aliphatic rings. The lowest BCUT2D eigenvalue weighted by Crippen LogP contribution is -2.24. The predicted molar refractivity (Wildman–Crippen MR) is 161 cm³/mol. The summed E-state index contributed by atoms with van der Waals surface area (Å²) in [7, 11) is -3.04. The van der Waals surface area contributed by atoms with Gasteiger partial charge in [0.1, 0.15) is 0 Å². The normalized spacial score (nSPS) is 11.7. The Labute approximate surface area is 226 Å². The fourth-order valence-corrected chi connectivity index (χ4v) is 7.84. The van der Waals surface area contributed by atoms with Gasteiger partial charge in [0.2, 0.25) is 5.78 Å². The van der Waals surface area contributed by atoms with Crippen LogP contribution >= 0.6 is 7.14 Å². The van der Waals surface area contributed by atoms with Crippen molar-refractivity contribution in [3.63, 3.8) is 0 Å². The van der Waals surface area contributed by atoms with Crippen molar-refractivity contribution in [2.45, 2.75) is 0 Å². The minimum absolute atomic E-state index is 0.649. The topological polar surface area (TPSA) is 47.3 Å². The minimum atomic E-state index is -3.04. The number of hydrogen-bond donors (Lipinski definition) is 0. The number of benzene rings is 5. The van der Waals surface area contributed by atoms with Crippen LogP contribution in [0.15, 0.2) is 146 Å². The van der Waals surface area contributed by atoms with E-state index in [2.05, 4.69) is 28.7 Å². The third kappa shape index (κ3) is 3.98. The van der Waals surface area contributed by atoms with Crippen molar-refractivity contribution in [2.75, 3.05) is 0 Å². The van der Waals surface area contributed by atoms with Crippen molar-refractivity contribution in [3.8, 4) is 22.5 Å². The molecule has 0 amide bonds. The van der Waals surface area contributed by atoms with Crippen LogP contribution in [-0.4, -0.2) is 14.4 Å². The Kier molecular flexibility index (Phi) is 5.69. The van der Waals surface area contributed by atoms with Crippen LogP contribution in [0, 0.1) is 0 Å². The summed E-state index contributed by atoms with van der Waals surface area (Å²) in [4.78, 5) is 9.79. The van der Waals surface area contributed by atoms with Gasteiger partial charge in [0.25, 0.3) is 0 Å². The number of hydrogen-bond acceptors (Lipinski definition) is 3. The molecule has 7 rings (SSSR count). The zero-order chi connectivity index (χ0) is 26.2. The Morgan fingerprint density at radius 2 is 1.05 bits per heavy atom. The van der Waals surface area contributed by atoms with E-state index in [-0.39, 0.29) is 0 Å². The van der Waals surface area contributed by atoms with E-state index >= 15 is 0 Å². The molecule has 0 N–H and O–H groups in total. The lowest BCUT2D eigenvalue weighted by Gasteiger charge is -2.20. The highest BCUT2D eigenvalue weighted by Gasteiger charge is 2.29. The predicted octanol–water partition coefficient (Wildman–Crippen LogP) is 6.86. The van der Waals surface area contributed by atoms with E-state index in [0.29, 0.717) is 5.78 Å². The van der Waals surface area contributed by atoms with Gasteiger partial charge in [-0.2, -0.15) is 0 Å². The monoisotopic (exact) mass is 521 g/mol. The molecular formula is C34H24N3OP. The smallest absolute Gasteiger partial charge is 0.235 e. The van der Waals surface area contributed by atoms with Gasteiger partial charge in [-0.1, -0.05) is 127 Å². The second kappa shape index (κ2) is 9.50. The molecule has 0 atom stereocenters. The highest BCUT2D eigenvalue weighted by atomic mass is 31.2. The molecule has 5 heteroatoms. The van der Waals surface area contributed by atoms with E-state index in [4.69, 9.17) is 9.97 Å². The molecule has 7 aromatic rings. The SMILES string of the molecule is O=P(c1ccccc1)(c1ccccc1)c1ccc(-c2cc(-c3ccccc3)n3c(n2)nc2ccccc23)cc1. The lowest BCUT2D eigenvalue weighted by molar-refractivity contribution is 0.592. The molecule has 2 heterocycles. The van der Waals surface area contributed by atoms with Crippen LogP contribution in [0.2, 0.25) is 0 Å². The number of nitrogens with zero attached hydrogens (tertiary/aromatic N) is 3. The molecule has 0 bridgehead atoms. The van der Waals surface area contributed by atoms with E-state index in [1.165, 1.54) is 0 Å². The molecule has 0 saturated carbocycles. The van der Waals surface area contributed by atoms with Crippen molar-refractivity contribution in [1.29, 1.82) is 0 Å². The Morgan fingerprint density at radius 1 is 0.513 bits per heavy atom. The van der Waals surface area contributed by atoms with Gasteiger partial charge in [-0.25, -0.2) is 9.97 Å². The molecule has 0 unspecified atom stereocenters. The average molecular weight is 522 g/mol. The summed E-state index contributed by atoms with van der Waals surface area (Å²) in [5.74, 6) is 0.649. The summed E-state index contributed by atoms with van der Waals surface area (Å²) in [5, 5.41) is 2.43. The van der Waals surface area contributed by atoms with Crippen LogP contribution in [-0.2, 0) is 4.57 Å². The molecule has 4 nitrogen and oxygen atoms in total. The highest BCUT2D eigenvalue weighted by molar-refractivity contribution is 7.85. The van der Waals surface area contributed by atoms with Crippen molar-refractivity contribution >= 4 is 39.9 Å². The Bertz CT molecular complexity index is 1920. The van der Waals surface area contributed by atoms with Crippen molar-refractivity contribution < 1.29 is 4.57 Å². The molecule has 39 heavy (non-hydrogen) atoms. The molecule has 186 valence electrons. The first-order valence-electron chi connectivity index (χ1n) is 12.9. The van der Waals surface area contributed by atoms with Crippen LogP contribution in [0.5, 0.6) is 0 Å². The van der Waals surface area contributed by atoms with Crippen LogP contribution in [0.4, 0.5) is 0 Å².